The quantitative estimate of drug-likeness (QED) is 0.289. The summed E-state index contributed by atoms with van der Waals surface area (Å²) >= 11 is 0. The van der Waals surface area contributed by atoms with E-state index in [1.54, 1.807) is 0 Å². The van der Waals surface area contributed by atoms with Gasteiger partial charge in [-0.05, 0) is 19.3 Å². The minimum absolute atomic E-state index is 0.0193. The molecule has 1 aromatic rings. The minimum atomic E-state index is -6.09. The predicted molar refractivity (Wildman–Crippen MR) is 80.9 cm³/mol. The summed E-state index contributed by atoms with van der Waals surface area (Å²) in [5.74, 6) is -17.2. The van der Waals surface area contributed by atoms with Crippen molar-refractivity contribution in [2.24, 2.45) is 5.92 Å². The van der Waals surface area contributed by atoms with Gasteiger partial charge in [-0.2, -0.15) is 21.6 Å². The lowest BCUT2D eigenvalue weighted by atomic mass is 9.94. The number of alkyl halides is 3. The van der Waals surface area contributed by atoms with Gasteiger partial charge in [0.2, 0.25) is 5.82 Å². The number of hydrogen-bond acceptors (Lipinski definition) is 5. The highest BCUT2D eigenvalue weighted by molar-refractivity contribution is 7.86. The molecule has 2 atom stereocenters. The molecular weight excluding hydrogens is 456 g/mol. The van der Waals surface area contributed by atoms with Gasteiger partial charge in [0.15, 0.2) is 40.1 Å². The van der Waals surface area contributed by atoms with Crippen molar-refractivity contribution in [2.75, 3.05) is 13.2 Å². The van der Waals surface area contributed by atoms with Crippen molar-refractivity contribution in [1.82, 2.24) is 0 Å². The molecule has 1 aliphatic heterocycles. The molecule has 170 valence electrons. The fourth-order valence-corrected chi connectivity index (χ4v) is 4.87. The Morgan fingerprint density at radius 2 is 1.40 bits per heavy atom. The van der Waals surface area contributed by atoms with Crippen LogP contribution in [0.25, 0.3) is 0 Å². The van der Waals surface area contributed by atoms with Gasteiger partial charge in [-0.15, -0.1) is 0 Å². The summed E-state index contributed by atoms with van der Waals surface area (Å²) in [6.45, 7) is 0.0386. The summed E-state index contributed by atoms with van der Waals surface area (Å²) in [4.78, 5) is -2.51. The second-order valence-electron chi connectivity index (χ2n) is 6.77. The molecule has 0 aromatic heterocycles. The van der Waals surface area contributed by atoms with E-state index in [1.807, 2.05) is 0 Å². The lowest BCUT2D eigenvalue weighted by Crippen LogP contribution is -2.53. The van der Waals surface area contributed by atoms with E-state index in [0.29, 0.717) is 6.42 Å². The van der Waals surface area contributed by atoms with Crippen LogP contribution in [0.4, 0.5) is 35.1 Å². The Hall–Kier alpha value is -1.51. The van der Waals surface area contributed by atoms with Gasteiger partial charge in [-0.25, -0.2) is 22.0 Å². The molecular formula is C16H14F8O5S. The molecule has 1 heterocycles. The zero-order valence-electron chi connectivity index (χ0n) is 14.9. The zero-order valence-corrected chi connectivity index (χ0v) is 15.7. The van der Waals surface area contributed by atoms with Crippen LogP contribution in [-0.4, -0.2) is 39.7 Å². The highest BCUT2D eigenvalue weighted by Gasteiger charge is 2.60. The second kappa shape index (κ2) is 7.88. The third kappa shape index (κ3) is 3.89. The summed E-state index contributed by atoms with van der Waals surface area (Å²) in [7, 11) is -6.09. The second-order valence-corrected chi connectivity index (χ2v) is 8.28. The van der Waals surface area contributed by atoms with E-state index < -0.39 is 68.1 Å². The maximum absolute atomic E-state index is 13.9. The topological polar surface area (TPSA) is 61.8 Å². The van der Waals surface area contributed by atoms with E-state index in [9.17, 15) is 43.5 Å². The van der Waals surface area contributed by atoms with Crippen molar-refractivity contribution in [1.29, 1.82) is 0 Å². The van der Waals surface area contributed by atoms with Crippen molar-refractivity contribution in [3.8, 4) is 0 Å². The van der Waals surface area contributed by atoms with E-state index in [1.165, 1.54) is 0 Å². The summed E-state index contributed by atoms with van der Waals surface area (Å²) in [5.41, 5.74) is 0. The smallest absolute Gasteiger partial charge is 0.349 e. The first kappa shape index (κ1) is 23.2. The number of halogens is 8. The maximum atomic E-state index is 13.9. The fourth-order valence-electron chi connectivity index (χ4n) is 3.64. The van der Waals surface area contributed by atoms with Crippen LogP contribution >= 0.6 is 0 Å². The molecule has 1 aliphatic carbocycles. The first-order valence-electron chi connectivity index (χ1n) is 8.61. The highest BCUT2D eigenvalue weighted by atomic mass is 32.2. The Morgan fingerprint density at radius 1 is 0.900 bits per heavy atom. The van der Waals surface area contributed by atoms with Crippen molar-refractivity contribution in [2.45, 2.75) is 48.6 Å². The van der Waals surface area contributed by atoms with Crippen LogP contribution in [0.3, 0.4) is 0 Å². The number of benzene rings is 1. The van der Waals surface area contributed by atoms with Crippen molar-refractivity contribution < 1.29 is 57.2 Å². The molecule has 5 nitrogen and oxygen atoms in total. The van der Waals surface area contributed by atoms with Gasteiger partial charge in [0.05, 0.1) is 13.2 Å². The van der Waals surface area contributed by atoms with Crippen LogP contribution in [0.5, 0.6) is 0 Å². The summed E-state index contributed by atoms with van der Waals surface area (Å²) in [6, 6.07) is 0. The molecule has 1 saturated heterocycles. The molecule has 30 heavy (non-hydrogen) atoms. The first-order valence-corrected chi connectivity index (χ1v) is 10.0. The normalized spacial score (nSPS) is 23.1. The third-order valence-corrected chi connectivity index (χ3v) is 6.24. The third-order valence-electron chi connectivity index (χ3n) is 4.92. The molecule has 3 rings (SSSR count). The molecule has 2 unspecified atom stereocenters. The van der Waals surface area contributed by atoms with Crippen molar-refractivity contribution in [3.63, 3.8) is 0 Å². The summed E-state index contributed by atoms with van der Waals surface area (Å²) < 4.78 is 148. The van der Waals surface area contributed by atoms with Crippen LogP contribution in [0.1, 0.15) is 25.7 Å². The molecule has 1 aromatic carbocycles. The van der Waals surface area contributed by atoms with Gasteiger partial charge >= 0.3 is 16.3 Å². The molecule has 0 amide bonds. The minimum Gasteiger partial charge on any atom is -0.349 e. The summed E-state index contributed by atoms with van der Waals surface area (Å²) in [5, 5.41) is 0. The van der Waals surface area contributed by atoms with Gasteiger partial charge < -0.3 is 9.47 Å². The van der Waals surface area contributed by atoms with E-state index >= 15 is 0 Å². The van der Waals surface area contributed by atoms with Gasteiger partial charge in [0, 0.05) is 12.3 Å². The van der Waals surface area contributed by atoms with E-state index in [2.05, 4.69) is 4.18 Å². The standard InChI is InChI=1S/C16H14F8O5S/c17-8-9(18)11(20)13(12(21)10(8)19)30(25,26)29-14(16(22,23)24)7-3-1-4-15(7)27-5-2-6-28-15/h7,14H,1-6H2. The molecule has 0 radical (unpaired) electrons. The Bertz CT molecular complexity index is 898. The monoisotopic (exact) mass is 470 g/mol. The van der Waals surface area contributed by atoms with Crippen molar-refractivity contribution >= 4 is 10.1 Å². The lowest BCUT2D eigenvalue weighted by molar-refractivity contribution is -0.316. The fraction of sp³-hybridized carbons (Fsp3) is 0.625. The predicted octanol–water partition coefficient (Wildman–Crippen LogP) is 3.95. The Kier molecular flexibility index (Phi) is 6.08. The lowest BCUT2D eigenvalue weighted by Gasteiger charge is -2.41. The SMILES string of the molecule is O=S(=O)(OC(C1CCCC12OCCCO2)C(F)(F)F)c1c(F)c(F)c(F)c(F)c1F. The van der Waals surface area contributed by atoms with Gasteiger partial charge in [-0.3, -0.25) is 4.18 Å². The zero-order chi connectivity index (χ0) is 22.5. The molecule has 2 fully saturated rings. The molecule has 2 aliphatic rings. The van der Waals surface area contributed by atoms with E-state index in [0.717, 1.165) is 0 Å². The largest absolute Gasteiger partial charge is 0.416 e. The first-order chi connectivity index (χ1) is 13.8. The Morgan fingerprint density at radius 3 is 1.90 bits per heavy atom. The van der Waals surface area contributed by atoms with Gasteiger partial charge in [0.25, 0.3) is 0 Å². The van der Waals surface area contributed by atoms with E-state index in [4.69, 9.17) is 9.47 Å². The van der Waals surface area contributed by atoms with E-state index in [-0.39, 0.29) is 32.5 Å². The highest BCUT2D eigenvalue weighted by Crippen LogP contribution is 2.48. The molecule has 0 N–H and O–H groups in total. The van der Waals surface area contributed by atoms with Gasteiger partial charge in [0.1, 0.15) is 0 Å². The molecule has 0 bridgehead atoms. The number of ether oxygens (including phenoxy) is 2. The van der Waals surface area contributed by atoms with Crippen LogP contribution in [0.2, 0.25) is 0 Å². The number of rotatable bonds is 4. The number of hydrogen-bond donors (Lipinski definition) is 0. The summed E-state index contributed by atoms with van der Waals surface area (Å²) in [6.07, 6.45) is -8.42. The van der Waals surface area contributed by atoms with Crippen LogP contribution in [0.15, 0.2) is 4.90 Å². The van der Waals surface area contributed by atoms with Crippen LogP contribution in [-0.2, 0) is 23.8 Å². The Labute approximate surface area is 165 Å². The van der Waals surface area contributed by atoms with Crippen LogP contribution in [0, 0.1) is 35.0 Å². The van der Waals surface area contributed by atoms with Gasteiger partial charge in [-0.1, -0.05) is 0 Å². The molecule has 1 spiro atoms. The molecule has 14 heteroatoms. The molecule has 1 saturated carbocycles. The Balaban J connectivity index is 2.05. The average Bonchev–Trinajstić information content (AvgIpc) is 3.04. The maximum Gasteiger partial charge on any atom is 0.416 e. The average molecular weight is 470 g/mol. The van der Waals surface area contributed by atoms with Crippen molar-refractivity contribution in [3.05, 3.63) is 29.1 Å². The van der Waals surface area contributed by atoms with Crippen LogP contribution < -0.4 is 0 Å².